The molecular weight excluding hydrogens is 258 g/mol. The van der Waals surface area contributed by atoms with Crippen molar-refractivity contribution in [1.82, 2.24) is 5.32 Å². The molecule has 3 heteroatoms. The zero-order valence-corrected chi connectivity index (χ0v) is 11.6. The van der Waals surface area contributed by atoms with Crippen molar-refractivity contribution in [3.8, 4) is 5.75 Å². The molecule has 19 heavy (non-hydrogen) atoms. The van der Waals surface area contributed by atoms with Crippen LogP contribution in [-0.4, -0.2) is 19.7 Å². The molecule has 0 spiro atoms. The van der Waals surface area contributed by atoms with E-state index >= 15 is 0 Å². The zero-order valence-electron chi connectivity index (χ0n) is 10.9. The van der Waals surface area contributed by atoms with Crippen LogP contribution in [0, 0.1) is 5.92 Å². The third kappa shape index (κ3) is 2.85. The normalized spacial score (nSPS) is 19.5. The molecular formula is C16H18ClNO. The summed E-state index contributed by atoms with van der Waals surface area (Å²) in [4.78, 5) is 0. The number of fused-ring (bicyclic) bond motifs is 1. The summed E-state index contributed by atoms with van der Waals surface area (Å²) in [5, 5.41) is 6.35. The van der Waals surface area contributed by atoms with E-state index in [1.807, 2.05) is 30.3 Å². The highest BCUT2D eigenvalue weighted by molar-refractivity contribution is 6.35. The average Bonchev–Trinajstić information content (AvgIpc) is 2.48. The molecule has 100 valence electrons. The standard InChI is InChI=1S/C16H18ClNO/c17-15-7-8-16(14-6-2-1-5-13(14)15)19-11-12-4-3-9-18-10-12/h1-2,5-8,12,18H,3-4,9-11H2. The van der Waals surface area contributed by atoms with Gasteiger partial charge in [-0.3, -0.25) is 0 Å². The SMILES string of the molecule is Clc1ccc(OCC2CCCNC2)c2ccccc12. The quantitative estimate of drug-likeness (QED) is 0.918. The molecule has 0 bridgehead atoms. The summed E-state index contributed by atoms with van der Waals surface area (Å²) in [6, 6.07) is 12.0. The Hall–Kier alpha value is -1.25. The molecule has 0 aliphatic carbocycles. The smallest absolute Gasteiger partial charge is 0.127 e. The van der Waals surface area contributed by atoms with Crippen molar-refractivity contribution < 1.29 is 4.74 Å². The molecule has 3 rings (SSSR count). The molecule has 2 aromatic rings. The van der Waals surface area contributed by atoms with Gasteiger partial charge in [-0.25, -0.2) is 0 Å². The monoisotopic (exact) mass is 275 g/mol. The van der Waals surface area contributed by atoms with Gasteiger partial charge in [-0.15, -0.1) is 0 Å². The van der Waals surface area contributed by atoms with E-state index in [-0.39, 0.29) is 0 Å². The number of ether oxygens (including phenoxy) is 1. The Balaban J connectivity index is 1.79. The molecule has 2 nitrogen and oxygen atoms in total. The molecule has 1 fully saturated rings. The second kappa shape index (κ2) is 5.81. The lowest BCUT2D eigenvalue weighted by Crippen LogP contribution is -2.33. The third-order valence-corrected chi connectivity index (χ3v) is 4.03. The molecule has 2 aromatic carbocycles. The van der Waals surface area contributed by atoms with Crippen molar-refractivity contribution in [3.63, 3.8) is 0 Å². The van der Waals surface area contributed by atoms with Crippen molar-refractivity contribution in [3.05, 3.63) is 41.4 Å². The van der Waals surface area contributed by atoms with Crippen LogP contribution < -0.4 is 10.1 Å². The first-order chi connectivity index (χ1) is 9.34. The Morgan fingerprint density at radius 1 is 1.16 bits per heavy atom. The zero-order chi connectivity index (χ0) is 13.1. The second-order valence-corrected chi connectivity index (χ2v) is 5.52. The van der Waals surface area contributed by atoms with Gasteiger partial charge in [0.2, 0.25) is 0 Å². The van der Waals surface area contributed by atoms with Gasteiger partial charge < -0.3 is 10.1 Å². The van der Waals surface area contributed by atoms with Crippen molar-refractivity contribution in [2.24, 2.45) is 5.92 Å². The summed E-state index contributed by atoms with van der Waals surface area (Å²) in [6.07, 6.45) is 2.49. The van der Waals surface area contributed by atoms with E-state index in [9.17, 15) is 0 Å². The molecule has 1 aliphatic heterocycles. The Bertz CT molecular complexity index is 564. The van der Waals surface area contributed by atoms with Gasteiger partial charge in [0.15, 0.2) is 0 Å². The lowest BCUT2D eigenvalue weighted by Gasteiger charge is -2.23. The van der Waals surface area contributed by atoms with Gasteiger partial charge in [-0.05, 0) is 31.5 Å². The molecule has 1 heterocycles. The van der Waals surface area contributed by atoms with Gasteiger partial charge in [-0.2, -0.15) is 0 Å². The third-order valence-electron chi connectivity index (χ3n) is 3.70. The highest BCUT2D eigenvalue weighted by atomic mass is 35.5. The number of benzene rings is 2. The van der Waals surface area contributed by atoms with Crippen LogP contribution in [0.15, 0.2) is 36.4 Å². The molecule has 1 atom stereocenters. The van der Waals surface area contributed by atoms with E-state index in [2.05, 4.69) is 11.4 Å². The fourth-order valence-electron chi connectivity index (χ4n) is 2.63. The first kappa shape index (κ1) is 12.8. The van der Waals surface area contributed by atoms with Crippen molar-refractivity contribution >= 4 is 22.4 Å². The van der Waals surface area contributed by atoms with Gasteiger partial charge in [0.1, 0.15) is 5.75 Å². The van der Waals surface area contributed by atoms with Gasteiger partial charge in [0.05, 0.1) is 6.61 Å². The van der Waals surface area contributed by atoms with Crippen molar-refractivity contribution in [2.75, 3.05) is 19.7 Å². The van der Waals surface area contributed by atoms with Crippen LogP contribution in [0.1, 0.15) is 12.8 Å². The highest BCUT2D eigenvalue weighted by Crippen LogP contribution is 2.31. The highest BCUT2D eigenvalue weighted by Gasteiger charge is 2.14. The fourth-order valence-corrected chi connectivity index (χ4v) is 2.86. The number of piperidine rings is 1. The molecule has 1 aliphatic rings. The van der Waals surface area contributed by atoms with Gasteiger partial charge in [0, 0.05) is 28.3 Å². The minimum absolute atomic E-state index is 0.614. The van der Waals surface area contributed by atoms with Crippen LogP contribution >= 0.6 is 11.6 Å². The number of rotatable bonds is 3. The van der Waals surface area contributed by atoms with Gasteiger partial charge in [0.25, 0.3) is 0 Å². The fraction of sp³-hybridized carbons (Fsp3) is 0.375. The minimum atomic E-state index is 0.614. The molecule has 0 amide bonds. The van der Waals surface area contributed by atoms with Crippen LogP contribution in [0.2, 0.25) is 5.02 Å². The van der Waals surface area contributed by atoms with Crippen LogP contribution in [0.4, 0.5) is 0 Å². The Kier molecular flexibility index (Phi) is 3.90. The first-order valence-corrected chi connectivity index (χ1v) is 7.23. The lowest BCUT2D eigenvalue weighted by atomic mass is 10.0. The van der Waals surface area contributed by atoms with Crippen molar-refractivity contribution in [2.45, 2.75) is 12.8 Å². The summed E-state index contributed by atoms with van der Waals surface area (Å²) in [6.45, 7) is 2.98. The molecule has 1 N–H and O–H groups in total. The number of hydrogen-bond donors (Lipinski definition) is 1. The summed E-state index contributed by atoms with van der Waals surface area (Å²) in [7, 11) is 0. The minimum Gasteiger partial charge on any atom is -0.493 e. The lowest BCUT2D eigenvalue weighted by molar-refractivity contribution is 0.220. The van der Waals surface area contributed by atoms with Crippen LogP contribution in [-0.2, 0) is 0 Å². The van der Waals surface area contributed by atoms with E-state index in [0.717, 1.165) is 41.2 Å². The van der Waals surface area contributed by atoms with Gasteiger partial charge >= 0.3 is 0 Å². The molecule has 0 saturated carbocycles. The Morgan fingerprint density at radius 2 is 2.00 bits per heavy atom. The van der Waals surface area contributed by atoms with E-state index in [4.69, 9.17) is 16.3 Å². The number of hydrogen-bond acceptors (Lipinski definition) is 2. The van der Waals surface area contributed by atoms with Gasteiger partial charge in [-0.1, -0.05) is 35.9 Å². The molecule has 1 saturated heterocycles. The topological polar surface area (TPSA) is 21.3 Å². The summed E-state index contributed by atoms with van der Waals surface area (Å²) >= 11 is 6.21. The average molecular weight is 276 g/mol. The van der Waals surface area contributed by atoms with Crippen LogP contribution in [0.5, 0.6) is 5.75 Å². The van der Waals surface area contributed by atoms with Crippen LogP contribution in [0.25, 0.3) is 10.8 Å². The largest absolute Gasteiger partial charge is 0.493 e. The van der Waals surface area contributed by atoms with E-state index in [0.29, 0.717) is 5.92 Å². The number of halogens is 1. The summed E-state index contributed by atoms with van der Waals surface area (Å²) < 4.78 is 6.02. The Labute approximate surface area is 118 Å². The molecule has 1 unspecified atom stereocenters. The predicted molar refractivity (Wildman–Crippen MR) is 80.0 cm³/mol. The predicted octanol–water partition coefficient (Wildman–Crippen LogP) is 3.87. The van der Waals surface area contributed by atoms with E-state index in [1.54, 1.807) is 0 Å². The van der Waals surface area contributed by atoms with Crippen LogP contribution in [0.3, 0.4) is 0 Å². The van der Waals surface area contributed by atoms with E-state index in [1.165, 1.54) is 12.8 Å². The maximum atomic E-state index is 6.21. The summed E-state index contributed by atoms with van der Waals surface area (Å²) in [5.41, 5.74) is 0. The maximum absolute atomic E-state index is 6.21. The van der Waals surface area contributed by atoms with E-state index < -0.39 is 0 Å². The molecule has 0 aromatic heterocycles. The maximum Gasteiger partial charge on any atom is 0.127 e. The first-order valence-electron chi connectivity index (χ1n) is 6.85. The molecule has 0 radical (unpaired) electrons. The Morgan fingerprint density at radius 3 is 2.79 bits per heavy atom. The summed E-state index contributed by atoms with van der Waals surface area (Å²) in [5.74, 6) is 1.55. The van der Waals surface area contributed by atoms with Crippen molar-refractivity contribution in [1.29, 1.82) is 0 Å². The number of nitrogens with one attached hydrogen (secondary N) is 1. The second-order valence-electron chi connectivity index (χ2n) is 5.11.